The lowest BCUT2D eigenvalue weighted by Crippen LogP contribution is -2.57. The quantitative estimate of drug-likeness (QED) is 0.357. The summed E-state index contributed by atoms with van der Waals surface area (Å²) in [6, 6.07) is 14.6. The van der Waals surface area contributed by atoms with E-state index in [1.165, 1.54) is 6.92 Å². The van der Waals surface area contributed by atoms with Gasteiger partial charge in [-0.25, -0.2) is 4.98 Å². The third-order valence-corrected chi connectivity index (χ3v) is 7.36. The highest BCUT2D eigenvalue weighted by Gasteiger charge is 2.35. The average molecular weight is 494 g/mol. The summed E-state index contributed by atoms with van der Waals surface area (Å²) >= 11 is 7.84. The van der Waals surface area contributed by atoms with E-state index in [2.05, 4.69) is 53.9 Å². The number of hydrogen-bond donors (Lipinski definition) is 3. The Balaban J connectivity index is 1.62. The molecule has 4 aromatic rings. The first-order chi connectivity index (χ1) is 16.5. The lowest BCUT2D eigenvalue weighted by molar-refractivity contribution is -0.114. The van der Waals surface area contributed by atoms with Crippen LogP contribution in [0.3, 0.4) is 0 Å². The molecule has 0 aliphatic carbocycles. The van der Waals surface area contributed by atoms with E-state index in [0.717, 1.165) is 45.4 Å². The number of rotatable bonds is 7. The predicted octanol–water partition coefficient (Wildman–Crippen LogP) is 4.20. The van der Waals surface area contributed by atoms with Crippen molar-refractivity contribution in [3.63, 3.8) is 0 Å². The Hall–Kier alpha value is -3.11. The number of hydrogen-bond acceptors (Lipinski definition) is 7. The number of pyridine rings is 1. The monoisotopic (exact) mass is 493 g/mol. The number of carbonyl (C=O) groups excluding carboxylic acids is 1. The number of benzene rings is 1. The molecule has 3 aromatic heterocycles. The van der Waals surface area contributed by atoms with Crippen LogP contribution in [-0.2, 0) is 4.79 Å². The largest absolute Gasteiger partial charge is 0.327 e. The molecule has 1 aromatic carbocycles. The van der Waals surface area contributed by atoms with Crippen molar-refractivity contribution in [2.45, 2.75) is 19.0 Å². The summed E-state index contributed by atoms with van der Waals surface area (Å²) in [5, 5.41) is 15.2. The minimum absolute atomic E-state index is 0.0311. The Bertz CT molecular complexity index is 1280. The highest BCUT2D eigenvalue weighted by Crippen LogP contribution is 2.44. The molecule has 34 heavy (non-hydrogen) atoms. The second kappa shape index (κ2) is 9.63. The van der Waals surface area contributed by atoms with Crippen LogP contribution in [0.25, 0.3) is 21.1 Å². The Morgan fingerprint density at radius 3 is 2.71 bits per heavy atom. The molecular weight excluding hydrogens is 470 g/mol. The minimum Gasteiger partial charge on any atom is -0.327 e. The normalized spacial score (nSPS) is 15.1. The molecule has 0 spiro atoms. The van der Waals surface area contributed by atoms with Gasteiger partial charge in [0, 0.05) is 42.2 Å². The third kappa shape index (κ3) is 4.60. The molecule has 1 amide bonds. The summed E-state index contributed by atoms with van der Waals surface area (Å²) in [7, 11) is 2.00. The van der Waals surface area contributed by atoms with E-state index in [0.29, 0.717) is 16.9 Å². The Morgan fingerprint density at radius 1 is 1.24 bits per heavy atom. The van der Waals surface area contributed by atoms with Crippen LogP contribution in [0, 0.1) is 0 Å². The van der Waals surface area contributed by atoms with Gasteiger partial charge >= 0.3 is 0 Å². The zero-order valence-electron chi connectivity index (χ0n) is 18.7. The molecule has 0 bridgehead atoms. The number of aromatic nitrogens is 4. The molecule has 3 N–H and O–H groups in total. The fourth-order valence-corrected chi connectivity index (χ4v) is 5.48. The van der Waals surface area contributed by atoms with Crippen LogP contribution in [-0.4, -0.2) is 57.2 Å². The van der Waals surface area contributed by atoms with Gasteiger partial charge in [-0.15, -0.1) is 21.5 Å². The first kappa shape index (κ1) is 22.7. The number of aromatic amines is 1. The molecular formula is C24H24ClN7OS. The molecule has 1 saturated heterocycles. The Labute approximate surface area is 206 Å². The zero-order valence-corrected chi connectivity index (χ0v) is 20.3. The first-order valence-electron chi connectivity index (χ1n) is 10.9. The van der Waals surface area contributed by atoms with Gasteiger partial charge in [0.15, 0.2) is 5.82 Å². The number of anilines is 1. The molecule has 0 radical (unpaired) electrons. The van der Waals surface area contributed by atoms with Crippen LogP contribution in [0.1, 0.15) is 24.1 Å². The van der Waals surface area contributed by atoms with Gasteiger partial charge in [-0.3, -0.25) is 9.69 Å². The number of likely N-dealkylation sites (N-methyl/N-ethyl adjacent to an activating group) is 1. The van der Waals surface area contributed by atoms with Crippen molar-refractivity contribution in [1.29, 1.82) is 0 Å². The van der Waals surface area contributed by atoms with Gasteiger partial charge in [0.25, 0.3) is 0 Å². The van der Waals surface area contributed by atoms with Crippen molar-refractivity contribution in [2.24, 2.45) is 0 Å². The van der Waals surface area contributed by atoms with Crippen molar-refractivity contribution in [2.75, 3.05) is 25.5 Å². The number of thiophene rings is 1. The standard InChI is InChI=1S/C24H24ClN7OS/c1-14(33)30-21-9-16(7-8-27-21)20-10-19(23(34-20)24-28-13-29-31-24)22(32-11-18(12-32)26-2)15-3-5-17(25)6-4-15/h3-10,13,18,22,26H,11-12H2,1-2H3,(H,27,30,33)(H,28,29,31). The van der Waals surface area contributed by atoms with Crippen LogP contribution < -0.4 is 10.6 Å². The third-order valence-electron chi connectivity index (χ3n) is 5.90. The summed E-state index contributed by atoms with van der Waals surface area (Å²) in [5.74, 6) is 1.10. The summed E-state index contributed by atoms with van der Waals surface area (Å²) in [4.78, 5) is 23.5. The smallest absolute Gasteiger partial charge is 0.222 e. The van der Waals surface area contributed by atoms with Crippen molar-refractivity contribution in [3.05, 3.63) is 71.1 Å². The number of nitrogens with zero attached hydrogens (tertiary/aromatic N) is 4. The lowest BCUT2D eigenvalue weighted by Gasteiger charge is -2.44. The van der Waals surface area contributed by atoms with Gasteiger partial charge in [0.2, 0.25) is 5.91 Å². The number of H-pyrrole nitrogens is 1. The van der Waals surface area contributed by atoms with Gasteiger partial charge < -0.3 is 15.6 Å². The van der Waals surface area contributed by atoms with E-state index in [1.54, 1.807) is 23.9 Å². The maximum absolute atomic E-state index is 11.5. The van der Waals surface area contributed by atoms with Crippen molar-refractivity contribution < 1.29 is 4.79 Å². The number of halogens is 1. The molecule has 8 nitrogen and oxygen atoms in total. The Morgan fingerprint density at radius 2 is 2.03 bits per heavy atom. The molecule has 174 valence electrons. The van der Waals surface area contributed by atoms with E-state index >= 15 is 0 Å². The predicted molar refractivity (Wildman–Crippen MR) is 135 cm³/mol. The van der Waals surface area contributed by atoms with E-state index in [4.69, 9.17) is 11.6 Å². The minimum atomic E-state index is -0.154. The van der Waals surface area contributed by atoms with E-state index in [-0.39, 0.29) is 11.9 Å². The fraction of sp³-hybridized carbons (Fsp3) is 0.250. The molecule has 1 aliphatic rings. The molecule has 4 heterocycles. The molecule has 1 unspecified atom stereocenters. The highest BCUT2D eigenvalue weighted by molar-refractivity contribution is 7.19. The number of likely N-dealkylation sites (tertiary alicyclic amines) is 1. The molecule has 1 aliphatic heterocycles. The summed E-state index contributed by atoms with van der Waals surface area (Å²) in [6.07, 6.45) is 3.30. The van der Waals surface area contributed by atoms with Gasteiger partial charge in [-0.1, -0.05) is 23.7 Å². The van der Waals surface area contributed by atoms with Crippen molar-refractivity contribution in [1.82, 2.24) is 30.4 Å². The highest BCUT2D eigenvalue weighted by atomic mass is 35.5. The summed E-state index contributed by atoms with van der Waals surface area (Å²) in [6.45, 7) is 3.35. The Kier molecular flexibility index (Phi) is 6.42. The van der Waals surface area contributed by atoms with Gasteiger partial charge in [0.05, 0.1) is 10.9 Å². The van der Waals surface area contributed by atoms with E-state index < -0.39 is 0 Å². The molecule has 0 saturated carbocycles. The van der Waals surface area contributed by atoms with Crippen LogP contribution in [0.15, 0.2) is 55.0 Å². The van der Waals surface area contributed by atoms with E-state index in [1.807, 2.05) is 31.3 Å². The first-order valence-corrected chi connectivity index (χ1v) is 12.1. The van der Waals surface area contributed by atoms with Crippen molar-refractivity contribution >= 4 is 34.7 Å². The SMILES string of the molecule is CNC1CN(C(c2ccc(Cl)cc2)c2cc(-c3ccnc(NC(C)=O)c3)sc2-c2nnc[nH]2)C1. The van der Waals surface area contributed by atoms with E-state index in [9.17, 15) is 4.79 Å². The molecule has 5 rings (SSSR count). The number of nitrogens with one attached hydrogen (secondary N) is 3. The molecule has 10 heteroatoms. The van der Waals surface area contributed by atoms with Crippen LogP contribution in [0.2, 0.25) is 5.02 Å². The average Bonchev–Trinajstić information content (AvgIpc) is 3.46. The zero-order chi connectivity index (χ0) is 23.7. The van der Waals surface area contributed by atoms with Gasteiger partial charge in [0.1, 0.15) is 12.1 Å². The topological polar surface area (TPSA) is 98.8 Å². The maximum Gasteiger partial charge on any atom is 0.222 e. The van der Waals surface area contributed by atoms with Crippen LogP contribution in [0.4, 0.5) is 5.82 Å². The van der Waals surface area contributed by atoms with Crippen LogP contribution in [0.5, 0.6) is 0 Å². The fourth-order valence-electron chi connectivity index (χ4n) is 4.22. The second-order valence-electron chi connectivity index (χ2n) is 8.24. The second-order valence-corrected chi connectivity index (χ2v) is 9.73. The summed E-state index contributed by atoms with van der Waals surface area (Å²) in [5.41, 5.74) is 3.28. The summed E-state index contributed by atoms with van der Waals surface area (Å²) < 4.78 is 0. The maximum atomic E-state index is 11.5. The number of amides is 1. The lowest BCUT2D eigenvalue weighted by atomic mass is 9.92. The van der Waals surface area contributed by atoms with Gasteiger partial charge in [-0.05, 0) is 54.1 Å². The van der Waals surface area contributed by atoms with Gasteiger partial charge in [-0.2, -0.15) is 0 Å². The van der Waals surface area contributed by atoms with Crippen LogP contribution >= 0.6 is 22.9 Å². The number of carbonyl (C=O) groups is 1. The molecule has 1 fully saturated rings. The van der Waals surface area contributed by atoms with Crippen molar-refractivity contribution in [3.8, 4) is 21.1 Å². The molecule has 1 atom stereocenters.